The highest BCUT2D eigenvalue weighted by atomic mass is 16.3. The van der Waals surface area contributed by atoms with Crippen molar-refractivity contribution in [2.45, 2.75) is 71.8 Å². The van der Waals surface area contributed by atoms with Gasteiger partial charge in [-0.15, -0.1) is 0 Å². The molecule has 0 amide bonds. The predicted octanol–water partition coefficient (Wildman–Crippen LogP) is 4.06. The van der Waals surface area contributed by atoms with Gasteiger partial charge in [-0.2, -0.15) is 0 Å². The molecule has 0 fully saturated rings. The Balaban J connectivity index is 3.66. The van der Waals surface area contributed by atoms with Crippen LogP contribution in [0, 0.1) is 0 Å². The van der Waals surface area contributed by atoms with E-state index in [1.54, 1.807) is 0 Å². The molecule has 0 rings (SSSR count). The Labute approximate surface area is 89.2 Å². The number of unbranched alkanes of at least 4 members (excludes halogenated alkanes) is 2. The van der Waals surface area contributed by atoms with Crippen LogP contribution in [-0.2, 0) is 0 Å². The number of allylic oxidation sites excluding steroid dienone is 2. The molecule has 0 aromatic carbocycles. The fourth-order valence-corrected chi connectivity index (χ4v) is 1.55. The van der Waals surface area contributed by atoms with Gasteiger partial charge in [0, 0.05) is 0 Å². The summed E-state index contributed by atoms with van der Waals surface area (Å²) < 4.78 is 0. The Kier molecular flexibility index (Phi) is 6.90. The van der Waals surface area contributed by atoms with Gasteiger partial charge < -0.3 is 5.11 Å². The SMILES string of the molecule is CCCCCC(C)(O)CCC=C(C)C. The van der Waals surface area contributed by atoms with E-state index in [1.807, 2.05) is 6.92 Å². The predicted molar refractivity (Wildman–Crippen MR) is 63.4 cm³/mol. The van der Waals surface area contributed by atoms with Gasteiger partial charge in [0.1, 0.15) is 0 Å². The fourth-order valence-electron chi connectivity index (χ4n) is 1.55. The maximum absolute atomic E-state index is 10.0. The van der Waals surface area contributed by atoms with Crippen LogP contribution in [0.15, 0.2) is 11.6 Å². The van der Waals surface area contributed by atoms with Crippen molar-refractivity contribution in [2.75, 3.05) is 0 Å². The molecule has 0 radical (unpaired) electrons. The molecule has 0 saturated heterocycles. The van der Waals surface area contributed by atoms with E-state index >= 15 is 0 Å². The molecule has 0 spiro atoms. The molecular formula is C13H26O. The Hall–Kier alpha value is -0.300. The van der Waals surface area contributed by atoms with Gasteiger partial charge in [-0.05, 0) is 40.0 Å². The first-order valence-electron chi connectivity index (χ1n) is 5.83. The third-order valence-corrected chi connectivity index (χ3v) is 2.55. The zero-order valence-electron chi connectivity index (χ0n) is 10.3. The van der Waals surface area contributed by atoms with Crippen molar-refractivity contribution >= 4 is 0 Å². The van der Waals surface area contributed by atoms with Gasteiger partial charge >= 0.3 is 0 Å². The summed E-state index contributed by atoms with van der Waals surface area (Å²) in [5.74, 6) is 0. The summed E-state index contributed by atoms with van der Waals surface area (Å²) in [6.45, 7) is 8.36. The highest BCUT2D eigenvalue weighted by Crippen LogP contribution is 2.20. The van der Waals surface area contributed by atoms with Crippen molar-refractivity contribution in [3.8, 4) is 0 Å². The third-order valence-electron chi connectivity index (χ3n) is 2.55. The normalized spacial score (nSPS) is 14.9. The van der Waals surface area contributed by atoms with Crippen LogP contribution < -0.4 is 0 Å². The van der Waals surface area contributed by atoms with E-state index in [9.17, 15) is 5.11 Å². The monoisotopic (exact) mass is 198 g/mol. The summed E-state index contributed by atoms with van der Waals surface area (Å²) in [6, 6.07) is 0. The molecule has 0 heterocycles. The van der Waals surface area contributed by atoms with E-state index in [4.69, 9.17) is 0 Å². The molecule has 1 unspecified atom stereocenters. The first-order valence-corrected chi connectivity index (χ1v) is 5.83. The smallest absolute Gasteiger partial charge is 0.0622 e. The first-order chi connectivity index (χ1) is 6.48. The number of rotatable bonds is 7. The summed E-state index contributed by atoms with van der Waals surface area (Å²) >= 11 is 0. The lowest BCUT2D eigenvalue weighted by Crippen LogP contribution is -2.23. The summed E-state index contributed by atoms with van der Waals surface area (Å²) in [5.41, 5.74) is 0.885. The summed E-state index contributed by atoms with van der Waals surface area (Å²) in [4.78, 5) is 0. The topological polar surface area (TPSA) is 20.2 Å². The lowest BCUT2D eigenvalue weighted by atomic mass is 9.93. The van der Waals surface area contributed by atoms with Crippen LogP contribution in [0.25, 0.3) is 0 Å². The molecule has 0 saturated carbocycles. The van der Waals surface area contributed by atoms with Crippen molar-refractivity contribution in [3.05, 3.63) is 11.6 Å². The molecule has 0 aliphatic heterocycles. The molecule has 14 heavy (non-hydrogen) atoms. The molecule has 1 heteroatoms. The Morgan fingerprint density at radius 3 is 2.36 bits per heavy atom. The second kappa shape index (κ2) is 7.05. The zero-order chi connectivity index (χ0) is 11.0. The lowest BCUT2D eigenvalue weighted by molar-refractivity contribution is 0.0404. The minimum Gasteiger partial charge on any atom is -0.390 e. The molecular weight excluding hydrogens is 172 g/mol. The van der Waals surface area contributed by atoms with Gasteiger partial charge in [-0.3, -0.25) is 0 Å². The Morgan fingerprint density at radius 1 is 1.21 bits per heavy atom. The average molecular weight is 198 g/mol. The highest BCUT2D eigenvalue weighted by Gasteiger charge is 2.17. The van der Waals surface area contributed by atoms with E-state index in [0.717, 1.165) is 25.7 Å². The molecule has 0 aliphatic carbocycles. The minimum absolute atomic E-state index is 0.457. The quantitative estimate of drug-likeness (QED) is 0.483. The van der Waals surface area contributed by atoms with Crippen molar-refractivity contribution < 1.29 is 5.11 Å². The molecule has 1 nitrogen and oxygen atoms in total. The van der Waals surface area contributed by atoms with Crippen molar-refractivity contribution in [3.63, 3.8) is 0 Å². The molecule has 1 atom stereocenters. The summed E-state index contributed by atoms with van der Waals surface area (Å²) in [7, 11) is 0. The van der Waals surface area contributed by atoms with Crippen LogP contribution in [0.5, 0.6) is 0 Å². The molecule has 0 bridgehead atoms. The van der Waals surface area contributed by atoms with E-state index in [1.165, 1.54) is 18.4 Å². The van der Waals surface area contributed by atoms with Gasteiger partial charge in [0.05, 0.1) is 5.60 Å². The van der Waals surface area contributed by atoms with Gasteiger partial charge in [0.2, 0.25) is 0 Å². The van der Waals surface area contributed by atoms with E-state index < -0.39 is 5.60 Å². The highest BCUT2D eigenvalue weighted by molar-refractivity contribution is 4.94. The first kappa shape index (κ1) is 13.7. The van der Waals surface area contributed by atoms with Crippen molar-refractivity contribution in [1.29, 1.82) is 0 Å². The van der Waals surface area contributed by atoms with Crippen LogP contribution >= 0.6 is 0 Å². The van der Waals surface area contributed by atoms with Crippen molar-refractivity contribution in [1.82, 2.24) is 0 Å². The summed E-state index contributed by atoms with van der Waals surface area (Å²) in [6.07, 6.45) is 8.65. The average Bonchev–Trinajstić information content (AvgIpc) is 2.03. The van der Waals surface area contributed by atoms with E-state index in [2.05, 4.69) is 26.8 Å². The maximum atomic E-state index is 10.0. The minimum atomic E-state index is -0.457. The standard InChI is InChI=1S/C13H26O/c1-5-6-7-10-13(4,14)11-8-9-12(2)3/h9,14H,5-8,10-11H2,1-4H3. The Morgan fingerprint density at radius 2 is 1.86 bits per heavy atom. The molecule has 0 aliphatic rings. The second-order valence-electron chi connectivity index (χ2n) is 4.77. The number of hydrogen-bond acceptors (Lipinski definition) is 1. The van der Waals surface area contributed by atoms with Crippen LogP contribution in [0.1, 0.15) is 66.2 Å². The zero-order valence-corrected chi connectivity index (χ0v) is 10.3. The van der Waals surface area contributed by atoms with Gasteiger partial charge in [-0.25, -0.2) is 0 Å². The van der Waals surface area contributed by atoms with Crippen LogP contribution in [0.3, 0.4) is 0 Å². The van der Waals surface area contributed by atoms with Gasteiger partial charge in [-0.1, -0.05) is 37.8 Å². The van der Waals surface area contributed by atoms with Gasteiger partial charge in [0.25, 0.3) is 0 Å². The Bertz CT molecular complexity index is 164. The van der Waals surface area contributed by atoms with Gasteiger partial charge in [0.15, 0.2) is 0 Å². The van der Waals surface area contributed by atoms with Crippen LogP contribution in [-0.4, -0.2) is 10.7 Å². The molecule has 0 aromatic rings. The molecule has 1 N–H and O–H groups in total. The van der Waals surface area contributed by atoms with Crippen LogP contribution in [0.2, 0.25) is 0 Å². The third kappa shape index (κ3) is 8.31. The lowest BCUT2D eigenvalue weighted by Gasteiger charge is -2.22. The van der Waals surface area contributed by atoms with Crippen LogP contribution in [0.4, 0.5) is 0 Å². The number of aliphatic hydroxyl groups is 1. The summed E-state index contributed by atoms with van der Waals surface area (Å²) in [5, 5.41) is 10.0. The second-order valence-corrected chi connectivity index (χ2v) is 4.77. The van der Waals surface area contributed by atoms with E-state index in [0.29, 0.717) is 0 Å². The van der Waals surface area contributed by atoms with E-state index in [-0.39, 0.29) is 0 Å². The largest absolute Gasteiger partial charge is 0.390 e. The molecule has 84 valence electrons. The maximum Gasteiger partial charge on any atom is 0.0622 e. The fraction of sp³-hybridized carbons (Fsp3) is 0.846. The molecule has 0 aromatic heterocycles. The number of hydrogen-bond donors (Lipinski definition) is 1. The van der Waals surface area contributed by atoms with Crippen molar-refractivity contribution in [2.24, 2.45) is 0 Å².